The summed E-state index contributed by atoms with van der Waals surface area (Å²) >= 11 is 5.94. The molecule has 1 aromatic heterocycles. The van der Waals surface area contributed by atoms with Crippen molar-refractivity contribution >= 4 is 34.9 Å². The Hall–Kier alpha value is -3.08. The molecule has 10 nitrogen and oxygen atoms in total. The van der Waals surface area contributed by atoms with Crippen LogP contribution in [0.4, 0.5) is 5.82 Å². The molecule has 0 aliphatic rings. The van der Waals surface area contributed by atoms with E-state index < -0.39 is 0 Å². The molecular formula is C27H37ClN4O6. The first-order chi connectivity index (χ1) is 18.3. The van der Waals surface area contributed by atoms with Crippen LogP contribution in [-0.4, -0.2) is 67.1 Å². The highest BCUT2D eigenvalue weighted by Gasteiger charge is 2.17. The van der Waals surface area contributed by atoms with Crippen molar-refractivity contribution in [1.29, 1.82) is 5.41 Å². The van der Waals surface area contributed by atoms with Crippen LogP contribution in [0, 0.1) is 12.3 Å². The van der Waals surface area contributed by atoms with Crippen molar-refractivity contribution in [2.24, 2.45) is 0 Å². The molecule has 0 amide bonds. The molecule has 0 saturated heterocycles. The number of carbonyl (C=O) groups excluding carboxylic acids is 2. The topological polar surface area (TPSA) is 147 Å². The van der Waals surface area contributed by atoms with Gasteiger partial charge < -0.3 is 30.1 Å². The van der Waals surface area contributed by atoms with E-state index in [1.807, 2.05) is 24.3 Å². The van der Waals surface area contributed by atoms with Gasteiger partial charge in [0.1, 0.15) is 19.0 Å². The Balaban J connectivity index is 1.52. The van der Waals surface area contributed by atoms with E-state index in [1.54, 1.807) is 6.92 Å². The summed E-state index contributed by atoms with van der Waals surface area (Å²) in [4.78, 5) is 31.1. The van der Waals surface area contributed by atoms with E-state index in [4.69, 9.17) is 41.7 Å². The molecule has 0 spiro atoms. The number of rotatable bonds is 19. The molecule has 3 N–H and O–H groups in total. The van der Waals surface area contributed by atoms with E-state index >= 15 is 0 Å². The number of nitrogens with two attached hydrogens (primary N) is 1. The number of hydrogen-bond donors (Lipinski definition) is 2. The van der Waals surface area contributed by atoms with Gasteiger partial charge in [0, 0.05) is 12.6 Å². The molecule has 38 heavy (non-hydrogen) atoms. The van der Waals surface area contributed by atoms with Gasteiger partial charge in [0.2, 0.25) is 0 Å². The number of esters is 1. The number of nitrogen functional groups attached to an aromatic ring is 1. The number of anilines is 1. The number of benzene rings is 1. The number of halogens is 1. The van der Waals surface area contributed by atoms with Crippen LogP contribution in [0.3, 0.4) is 0 Å². The molecule has 1 heterocycles. The van der Waals surface area contributed by atoms with Gasteiger partial charge in [-0.3, -0.25) is 9.59 Å². The van der Waals surface area contributed by atoms with Crippen LogP contribution in [0.5, 0.6) is 5.75 Å². The van der Waals surface area contributed by atoms with E-state index in [9.17, 15) is 9.59 Å². The molecule has 2 aromatic rings. The minimum absolute atomic E-state index is 0.0315. The minimum atomic E-state index is -0.335. The van der Waals surface area contributed by atoms with E-state index in [0.717, 1.165) is 31.4 Å². The zero-order valence-electron chi connectivity index (χ0n) is 22.1. The van der Waals surface area contributed by atoms with Gasteiger partial charge in [0.25, 0.3) is 0 Å². The molecule has 208 valence electrons. The van der Waals surface area contributed by atoms with Crippen molar-refractivity contribution in [2.75, 3.05) is 45.4 Å². The number of carbonyl (C=O) groups is 2. The van der Waals surface area contributed by atoms with E-state index in [0.29, 0.717) is 50.9 Å². The van der Waals surface area contributed by atoms with Gasteiger partial charge >= 0.3 is 5.97 Å². The number of nitrogens with zero attached hydrogens (tertiary/aromatic N) is 2. The fraction of sp³-hybridized carbons (Fsp3) is 0.519. The van der Waals surface area contributed by atoms with Crippen molar-refractivity contribution in [3.63, 3.8) is 0 Å². The SMILES string of the molecule is CC(=O)OCCOCCOCCOc1ccc(CCCCCC(=N)CC(=O)c2nc(Cl)c(C)nc2N)cc1. The van der Waals surface area contributed by atoms with Gasteiger partial charge in [-0.15, -0.1) is 0 Å². The monoisotopic (exact) mass is 548 g/mol. The quantitative estimate of drug-likeness (QED) is 0.113. The summed E-state index contributed by atoms with van der Waals surface area (Å²) in [6.07, 6.45) is 4.23. The van der Waals surface area contributed by atoms with Crippen molar-refractivity contribution in [1.82, 2.24) is 9.97 Å². The minimum Gasteiger partial charge on any atom is -0.491 e. The lowest BCUT2D eigenvalue weighted by molar-refractivity contribution is -0.142. The van der Waals surface area contributed by atoms with Crippen LogP contribution in [-0.2, 0) is 25.4 Å². The van der Waals surface area contributed by atoms with Crippen LogP contribution in [0.1, 0.15) is 60.8 Å². The number of ketones is 1. The second kappa shape index (κ2) is 17.4. The lowest BCUT2D eigenvalue weighted by Gasteiger charge is -2.09. The Labute approximate surface area is 228 Å². The summed E-state index contributed by atoms with van der Waals surface area (Å²) in [5, 5.41) is 8.26. The summed E-state index contributed by atoms with van der Waals surface area (Å²) in [7, 11) is 0. The summed E-state index contributed by atoms with van der Waals surface area (Å²) in [6, 6.07) is 7.99. The van der Waals surface area contributed by atoms with Crippen molar-refractivity contribution < 1.29 is 28.5 Å². The third-order valence-corrected chi connectivity index (χ3v) is 5.80. The Bertz CT molecular complexity index is 1050. The zero-order chi connectivity index (χ0) is 27.8. The molecule has 2 rings (SSSR count). The third-order valence-electron chi connectivity index (χ3n) is 5.45. The van der Waals surface area contributed by atoms with E-state index in [2.05, 4.69) is 9.97 Å². The molecule has 0 bridgehead atoms. The highest BCUT2D eigenvalue weighted by molar-refractivity contribution is 6.30. The van der Waals surface area contributed by atoms with Gasteiger partial charge in [0.15, 0.2) is 22.4 Å². The van der Waals surface area contributed by atoms with Crippen molar-refractivity contribution in [2.45, 2.75) is 52.4 Å². The van der Waals surface area contributed by atoms with Gasteiger partial charge in [-0.05, 0) is 50.3 Å². The average Bonchev–Trinajstić information content (AvgIpc) is 2.87. The molecule has 0 atom stereocenters. The first-order valence-corrected chi connectivity index (χ1v) is 13.0. The first kappa shape index (κ1) is 31.1. The van der Waals surface area contributed by atoms with Crippen LogP contribution in [0.2, 0.25) is 5.15 Å². The summed E-state index contributed by atoms with van der Waals surface area (Å²) in [5.74, 6) is 0.180. The number of aromatic nitrogens is 2. The Morgan fingerprint density at radius 3 is 2.29 bits per heavy atom. The number of aryl methyl sites for hydroxylation is 2. The zero-order valence-corrected chi connectivity index (χ0v) is 22.8. The number of unbranched alkanes of at least 4 members (excludes halogenated alkanes) is 2. The summed E-state index contributed by atoms with van der Waals surface area (Å²) in [6.45, 7) is 5.41. The second-order valence-corrected chi connectivity index (χ2v) is 9.01. The highest BCUT2D eigenvalue weighted by Crippen LogP contribution is 2.18. The molecule has 1 aromatic carbocycles. The number of ether oxygens (including phenoxy) is 4. The van der Waals surface area contributed by atoms with Gasteiger partial charge in [-0.2, -0.15) is 0 Å². The predicted molar refractivity (Wildman–Crippen MR) is 145 cm³/mol. The fourth-order valence-electron chi connectivity index (χ4n) is 3.47. The molecule has 0 unspecified atom stereocenters. The number of nitrogens with one attached hydrogen (secondary N) is 1. The number of Topliss-reactive ketones (excluding diaryl/α,β-unsaturated/α-hetero) is 1. The van der Waals surface area contributed by atoms with Crippen molar-refractivity contribution in [3.8, 4) is 5.75 Å². The fourth-order valence-corrected chi connectivity index (χ4v) is 3.60. The number of hydrogen-bond acceptors (Lipinski definition) is 10. The summed E-state index contributed by atoms with van der Waals surface area (Å²) in [5.41, 5.74) is 7.86. The Morgan fingerprint density at radius 2 is 1.61 bits per heavy atom. The molecule has 0 saturated carbocycles. The van der Waals surface area contributed by atoms with Gasteiger partial charge in [0.05, 0.1) is 38.5 Å². The average molecular weight is 549 g/mol. The molecule has 0 aliphatic carbocycles. The van der Waals surface area contributed by atoms with Gasteiger partial charge in [-0.25, -0.2) is 9.97 Å². The smallest absolute Gasteiger partial charge is 0.302 e. The molecule has 0 radical (unpaired) electrons. The van der Waals surface area contributed by atoms with Crippen LogP contribution in [0.15, 0.2) is 24.3 Å². The standard InChI is InChI=1S/C27H37ClN4O6/c1-19-26(28)32-25(27(30)31-19)24(34)18-22(29)7-5-3-4-6-21-8-10-23(11-9-21)38-17-15-36-13-12-35-14-16-37-20(2)33/h8-11,29H,3-7,12-18H2,1-2H3,(H2,30,31). The largest absolute Gasteiger partial charge is 0.491 e. The first-order valence-electron chi connectivity index (χ1n) is 12.7. The molecule has 0 aliphatic heterocycles. The Morgan fingerprint density at radius 1 is 0.947 bits per heavy atom. The van der Waals surface area contributed by atoms with Gasteiger partial charge in [-0.1, -0.05) is 30.2 Å². The van der Waals surface area contributed by atoms with Crippen LogP contribution in [0.25, 0.3) is 0 Å². The Kier molecular flexibility index (Phi) is 14.3. The highest BCUT2D eigenvalue weighted by atomic mass is 35.5. The molecular weight excluding hydrogens is 512 g/mol. The molecule has 0 fully saturated rings. The maximum absolute atomic E-state index is 12.4. The van der Waals surface area contributed by atoms with Crippen molar-refractivity contribution in [3.05, 3.63) is 46.4 Å². The normalized spacial score (nSPS) is 10.8. The lowest BCUT2D eigenvalue weighted by atomic mass is 10.0. The second-order valence-electron chi connectivity index (χ2n) is 8.66. The van der Waals surface area contributed by atoms with E-state index in [-0.39, 0.29) is 41.4 Å². The van der Waals surface area contributed by atoms with Crippen LogP contribution >= 0.6 is 11.6 Å². The predicted octanol–water partition coefficient (Wildman–Crippen LogP) is 4.39. The third kappa shape index (κ3) is 12.4. The van der Waals surface area contributed by atoms with E-state index in [1.165, 1.54) is 12.5 Å². The van der Waals surface area contributed by atoms with Crippen LogP contribution < -0.4 is 10.5 Å². The lowest BCUT2D eigenvalue weighted by Crippen LogP contribution is -2.13. The maximum Gasteiger partial charge on any atom is 0.302 e. The molecule has 11 heteroatoms. The maximum atomic E-state index is 12.4. The summed E-state index contributed by atoms with van der Waals surface area (Å²) < 4.78 is 21.2.